The third-order valence-corrected chi connectivity index (χ3v) is 0. The summed E-state index contributed by atoms with van der Waals surface area (Å²) in [5.74, 6) is 0. The Morgan fingerprint density at radius 3 is 1.29 bits per heavy atom. The fraction of sp³-hybridized carbons (Fsp3) is 0. The first kappa shape index (κ1) is 22.7. The zero-order chi connectivity index (χ0) is 3.58. The van der Waals surface area contributed by atoms with Crippen LogP contribution in [0.1, 0.15) is 0 Å². The van der Waals surface area contributed by atoms with Gasteiger partial charge in [0.25, 0.3) is 0 Å². The third kappa shape index (κ3) is 56.1. The SMILES string of the molecule is O=[N+]([O-])[O-].[I-].[K+].[Na+]. The molecule has 0 aliphatic heterocycles. The summed E-state index contributed by atoms with van der Waals surface area (Å²) in [5, 5.41) is 14.8. The van der Waals surface area contributed by atoms with Crippen LogP contribution in [0.25, 0.3) is 0 Å². The summed E-state index contributed by atoms with van der Waals surface area (Å²) in [5.41, 5.74) is 0. The molecule has 7 heavy (non-hydrogen) atoms. The molecule has 0 aliphatic rings. The van der Waals surface area contributed by atoms with Gasteiger partial charge in [0.1, 0.15) is 0 Å². The predicted molar refractivity (Wildman–Crippen MR) is 10.4 cm³/mol. The van der Waals surface area contributed by atoms with E-state index < -0.39 is 5.09 Å². The molecule has 0 aliphatic carbocycles. The molecule has 0 saturated heterocycles. The molecule has 0 atom stereocenters. The normalized spacial score (nSPS) is 3.43. The van der Waals surface area contributed by atoms with Crippen molar-refractivity contribution in [2.45, 2.75) is 0 Å². The van der Waals surface area contributed by atoms with Gasteiger partial charge in [0.05, 0.1) is 5.09 Å². The summed E-state index contributed by atoms with van der Waals surface area (Å²) < 4.78 is 0. The monoisotopic (exact) mass is 251 g/mol. The summed E-state index contributed by atoms with van der Waals surface area (Å²) in [7, 11) is 0. The van der Waals surface area contributed by atoms with E-state index in [0.717, 1.165) is 0 Å². The van der Waals surface area contributed by atoms with Gasteiger partial charge in [-0.05, 0) is 0 Å². The van der Waals surface area contributed by atoms with Gasteiger partial charge in [-0.2, -0.15) is 0 Å². The molecule has 0 aromatic heterocycles. The molecule has 0 N–H and O–H groups in total. The average molecular weight is 251 g/mol. The number of hydrogen-bond donors (Lipinski definition) is 0. The van der Waals surface area contributed by atoms with Crippen LogP contribution >= 0.6 is 0 Å². The molecule has 4 nitrogen and oxygen atoms in total. The van der Waals surface area contributed by atoms with Crippen molar-refractivity contribution in [3.8, 4) is 0 Å². The molecule has 0 bridgehead atoms. The molecule has 0 fully saturated rings. The van der Waals surface area contributed by atoms with Crippen molar-refractivity contribution in [2.75, 3.05) is 0 Å². The summed E-state index contributed by atoms with van der Waals surface area (Å²) >= 11 is 0. The van der Waals surface area contributed by atoms with E-state index in [9.17, 15) is 0 Å². The summed E-state index contributed by atoms with van der Waals surface area (Å²) in [6.07, 6.45) is 0. The van der Waals surface area contributed by atoms with Crippen molar-refractivity contribution in [3.05, 3.63) is 15.3 Å². The molecule has 0 aromatic rings. The Kier molecular flexibility index (Phi) is 51.2. The van der Waals surface area contributed by atoms with Crippen LogP contribution in [0.4, 0.5) is 0 Å². The third-order valence-electron chi connectivity index (χ3n) is 0. The summed E-state index contributed by atoms with van der Waals surface area (Å²) in [6, 6.07) is 0. The number of halogens is 1. The minimum Gasteiger partial charge on any atom is -1.00 e. The first-order chi connectivity index (χ1) is 1.73. The van der Waals surface area contributed by atoms with Gasteiger partial charge < -0.3 is 39.3 Å². The van der Waals surface area contributed by atoms with Crippen molar-refractivity contribution in [1.29, 1.82) is 0 Å². The Labute approximate surface area is 122 Å². The maximum Gasteiger partial charge on any atom is 1.00 e. The summed E-state index contributed by atoms with van der Waals surface area (Å²) in [4.78, 5) is 8.25. The van der Waals surface area contributed by atoms with E-state index in [1.54, 1.807) is 0 Å². The molecule has 0 rings (SSSR count). The predicted octanol–water partition coefficient (Wildman–Crippen LogP) is -9.23. The number of nitrogens with zero attached hydrogens (tertiary/aromatic N) is 1. The molecule has 7 heteroatoms. The Bertz CT molecular complexity index is 37.9. The van der Waals surface area contributed by atoms with E-state index in [0.29, 0.717) is 0 Å². The second kappa shape index (κ2) is 15.8. The van der Waals surface area contributed by atoms with E-state index in [4.69, 9.17) is 15.3 Å². The van der Waals surface area contributed by atoms with Crippen LogP contribution in [0.5, 0.6) is 0 Å². The maximum atomic E-state index is 8.25. The van der Waals surface area contributed by atoms with Crippen molar-refractivity contribution in [3.63, 3.8) is 0 Å². The zero-order valence-corrected chi connectivity index (χ0v) is 11.3. The molecule has 0 amide bonds. The van der Waals surface area contributed by atoms with E-state index in [-0.39, 0.29) is 105 Å². The van der Waals surface area contributed by atoms with Crippen LogP contribution < -0.4 is 105 Å². The van der Waals surface area contributed by atoms with Gasteiger partial charge in [-0.15, -0.1) is 0 Å². The van der Waals surface area contributed by atoms with E-state index in [2.05, 4.69) is 0 Å². The molecular formula is IKNNaO3. The van der Waals surface area contributed by atoms with Crippen LogP contribution in [0, 0.1) is 15.3 Å². The summed E-state index contributed by atoms with van der Waals surface area (Å²) in [6.45, 7) is 0. The van der Waals surface area contributed by atoms with Gasteiger partial charge in [0.15, 0.2) is 0 Å². The fourth-order valence-electron chi connectivity index (χ4n) is 0. The van der Waals surface area contributed by atoms with Crippen LogP contribution in [-0.4, -0.2) is 5.09 Å². The molecule has 0 radical (unpaired) electrons. The fourth-order valence-corrected chi connectivity index (χ4v) is 0. The average Bonchev–Trinajstić information content (AvgIpc) is 0.811. The topological polar surface area (TPSA) is 66.2 Å². The van der Waals surface area contributed by atoms with Gasteiger partial charge in [0.2, 0.25) is 0 Å². The van der Waals surface area contributed by atoms with Crippen molar-refractivity contribution >= 4 is 0 Å². The number of hydrogen-bond acceptors (Lipinski definition) is 3. The van der Waals surface area contributed by atoms with Gasteiger partial charge in [-0.1, -0.05) is 0 Å². The molecule has 32 valence electrons. The van der Waals surface area contributed by atoms with Crippen molar-refractivity contribution in [2.24, 2.45) is 0 Å². The number of rotatable bonds is 0. The van der Waals surface area contributed by atoms with Crippen molar-refractivity contribution < 1.29 is 110 Å². The standard InChI is InChI=1S/HI.K.NO3.Na/c;;2-1(3)4;/h1H;;;/q;+1;-1;+1/p-1. The maximum absolute atomic E-state index is 8.25. The Morgan fingerprint density at radius 1 is 1.29 bits per heavy atom. The van der Waals surface area contributed by atoms with Crippen LogP contribution in [0.3, 0.4) is 0 Å². The zero-order valence-electron chi connectivity index (χ0n) is 4.05. The Morgan fingerprint density at radius 2 is 1.29 bits per heavy atom. The van der Waals surface area contributed by atoms with Crippen LogP contribution in [-0.2, 0) is 0 Å². The van der Waals surface area contributed by atoms with Crippen LogP contribution in [0.2, 0.25) is 0 Å². The smallest absolute Gasteiger partial charge is 1.00 e. The molecule has 0 unspecified atom stereocenters. The molecule has 0 saturated carbocycles. The molecular weight excluding hydrogens is 251 g/mol. The van der Waals surface area contributed by atoms with E-state index in [1.165, 1.54) is 0 Å². The largest absolute Gasteiger partial charge is 1.00 e. The Hall–Kier alpha value is 2.57. The minimum atomic E-state index is -1.75. The van der Waals surface area contributed by atoms with Gasteiger partial charge in [-0.3, -0.25) is 0 Å². The quantitative estimate of drug-likeness (QED) is 0.186. The second-order valence-electron chi connectivity index (χ2n) is 0.224. The second-order valence-corrected chi connectivity index (χ2v) is 0.224. The molecule has 0 aromatic carbocycles. The van der Waals surface area contributed by atoms with Crippen LogP contribution in [0.15, 0.2) is 0 Å². The van der Waals surface area contributed by atoms with Gasteiger partial charge >= 0.3 is 80.9 Å². The van der Waals surface area contributed by atoms with E-state index in [1.807, 2.05) is 0 Å². The van der Waals surface area contributed by atoms with Gasteiger partial charge in [0, 0.05) is 0 Å². The Balaban J connectivity index is -0.0000000150. The van der Waals surface area contributed by atoms with Crippen molar-refractivity contribution in [1.82, 2.24) is 0 Å². The first-order valence-electron chi connectivity index (χ1n) is 0.548. The van der Waals surface area contributed by atoms with Gasteiger partial charge in [-0.25, -0.2) is 0 Å². The first-order valence-corrected chi connectivity index (χ1v) is 0.548. The minimum absolute atomic E-state index is 0. The molecule has 0 spiro atoms. The molecule has 0 heterocycles. The van der Waals surface area contributed by atoms with E-state index >= 15 is 0 Å².